The molecule has 0 unspecified atom stereocenters. The minimum atomic E-state index is -4.00. The Kier molecular flexibility index (Phi) is 6.09. The SMILES string of the molecule is C.COc1cc(Cn2cccn2)cc2onc(NS(=O)(=O)c3ccccc3CO)c12. The average Bonchev–Trinajstić information content (AvgIpc) is 3.37. The number of nitrogens with one attached hydrogen (secondary N) is 1. The molecule has 0 amide bonds. The zero-order valence-corrected chi connectivity index (χ0v) is 16.3. The summed E-state index contributed by atoms with van der Waals surface area (Å²) in [5, 5.41) is 17.9. The van der Waals surface area contributed by atoms with Crippen LogP contribution in [-0.2, 0) is 23.2 Å². The number of hydrogen-bond donors (Lipinski definition) is 2. The van der Waals surface area contributed by atoms with Crippen molar-refractivity contribution in [2.45, 2.75) is 25.5 Å². The third kappa shape index (κ3) is 4.00. The van der Waals surface area contributed by atoms with Gasteiger partial charge < -0.3 is 14.4 Å². The normalized spacial score (nSPS) is 11.3. The van der Waals surface area contributed by atoms with E-state index in [0.29, 0.717) is 23.3 Å². The lowest BCUT2D eigenvalue weighted by atomic mass is 10.1. The molecule has 0 saturated heterocycles. The van der Waals surface area contributed by atoms with Crippen LogP contribution < -0.4 is 9.46 Å². The van der Waals surface area contributed by atoms with Gasteiger partial charge in [-0.15, -0.1) is 0 Å². The smallest absolute Gasteiger partial charge is 0.263 e. The van der Waals surface area contributed by atoms with Crippen LogP contribution in [-0.4, -0.2) is 35.6 Å². The highest BCUT2D eigenvalue weighted by molar-refractivity contribution is 7.92. The summed E-state index contributed by atoms with van der Waals surface area (Å²) < 4.78 is 40.7. The number of anilines is 1. The number of methoxy groups -OCH3 is 1. The second-order valence-electron chi connectivity index (χ2n) is 6.28. The number of hydrogen-bond acceptors (Lipinski definition) is 7. The molecular weight excluding hydrogens is 408 g/mol. The van der Waals surface area contributed by atoms with E-state index in [0.717, 1.165) is 5.56 Å². The standard InChI is InChI=1S/C19H18N4O5S.CH4/c1-27-15-9-13(11-23-8-4-7-20-23)10-16-18(15)19(21-28-16)22-29(25,26)17-6-3-2-5-14(17)12-24;/h2-10,24H,11-12H2,1H3,(H,21,22);1H4. The molecule has 0 aliphatic rings. The number of aliphatic hydroxyl groups is 1. The van der Waals surface area contributed by atoms with Gasteiger partial charge in [-0.05, 0) is 35.4 Å². The minimum Gasteiger partial charge on any atom is -0.496 e. The van der Waals surface area contributed by atoms with E-state index in [1.54, 1.807) is 35.1 Å². The van der Waals surface area contributed by atoms with E-state index in [1.165, 1.54) is 19.2 Å². The molecule has 0 aliphatic carbocycles. The zero-order valence-electron chi connectivity index (χ0n) is 15.4. The molecule has 9 nitrogen and oxygen atoms in total. The van der Waals surface area contributed by atoms with Gasteiger partial charge in [-0.25, -0.2) is 8.42 Å². The van der Waals surface area contributed by atoms with Gasteiger partial charge >= 0.3 is 0 Å². The average molecular weight is 430 g/mol. The monoisotopic (exact) mass is 430 g/mol. The van der Waals surface area contributed by atoms with Crippen LogP contribution in [0, 0.1) is 0 Å². The van der Waals surface area contributed by atoms with Gasteiger partial charge in [0.05, 0.1) is 25.2 Å². The molecule has 158 valence electrons. The predicted octanol–water partition coefficient (Wildman–Crippen LogP) is 3.01. The van der Waals surface area contributed by atoms with Crippen molar-refractivity contribution >= 4 is 26.8 Å². The summed E-state index contributed by atoms with van der Waals surface area (Å²) in [7, 11) is -2.51. The first kappa shape index (κ1) is 21.3. The minimum absolute atomic E-state index is 0. The molecule has 30 heavy (non-hydrogen) atoms. The van der Waals surface area contributed by atoms with Crippen molar-refractivity contribution < 1.29 is 22.8 Å². The van der Waals surface area contributed by atoms with Gasteiger partial charge in [0.1, 0.15) is 11.1 Å². The van der Waals surface area contributed by atoms with Crippen molar-refractivity contribution in [1.82, 2.24) is 14.9 Å². The summed E-state index contributed by atoms with van der Waals surface area (Å²) >= 11 is 0. The van der Waals surface area contributed by atoms with Gasteiger partial charge in [0.25, 0.3) is 10.0 Å². The van der Waals surface area contributed by atoms with Gasteiger partial charge in [-0.2, -0.15) is 5.10 Å². The molecule has 2 N–H and O–H groups in total. The van der Waals surface area contributed by atoms with Crippen LogP contribution in [0.2, 0.25) is 0 Å². The van der Waals surface area contributed by atoms with E-state index in [9.17, 15) is 13.5 Å². The van der Waals surface area contributed by atoms with Crippen molar-refractivity contribution in [2.24, 2.45) is 0 Å². The molecule has 0 fully saturated rings. The Morgan fingerprint density at radius 3 is 2.73 bits per heavy atom. The maximum Gasteiger partial charge on any atom is 0.263 e. The lowest BCUT2D eigenvalue weighted by molar-refractivity contribution is 0.278. The number of nitrogens with zero attached hydrogens (tertiary/aromatic N) is 3. The van der Waals surface area contributed by atoms with Crippen LogP contribution in [0.15, 0.2) is 64.3 Å². The van der Waals surface area contributed by atoms with Gasteiger partial charge in [-0.3, -0.25) is 9.40 Å². The first-order chi connectivity index (χ1) is 14.0. The summed E-state index contributed by atoms with van der Waals surface area (Å²) in [5.41, 5.74) is 1.51. The fourth-order valence-corrected chi connectivity index (χ4v) is 4.31. The predicted molar refractivity (Wildman–Crippen MR) is 112 cm³/mol. The lowest BCUT2D eigenvalue weighted by Gasteiger charge is -2.10. The molecule has 0 saturated carbocycles. The van der Waals surface area contributed by atoms with Gasteiger partial charge in [0.2, 0.25) is 0 Å². The Hall–Kier alpha value is -3.37. The van der Waals surface area contributed by atoms with Crippen LogP contribution in [0.1, 0.15) is 18.6 Å². The van der Waals surface area contributed by atoms with E-state index in [-0.39, 0.29) is 23.7 Å². The van der Waals surface area contributed by atoms with Crippen molar-refractivity contribution in [3.63, 3.8) is 0 Å². The Morgan fingerprint density at radius 2 is 2.03 bits per heavy atom. The molecular formula is C20H22N4O5S. The fraction of sp³-hybridized carbons (Fsp3) is 0.200. The first-order valence-electron chi connectivity index (χ1n) is 8.67. The fourth-order valence-electron chi connectivity index (χ4n) is 3.07. The number of rotatable bonds is 7. The van der Waals surface area contributed by atoms with Crippen molar-refractivity contribution in [2.75, 3.05) is 11.8 Å². The molecule has 0 bridgehead atoms. The van der Waals surface area contributed by atoms with Crippen molar-refractivity contribution in [3.8, 4) is 5.75 Å². The van der Waals surface area contributed by atoms with Gasteiger partial charge in [0.15, 0.2) is 11.4 Å². The quantitative estimate of drug-likeness (QED) is 0.462. The third-order valence-corrected chi connectivity index (χ3v) is 5.82. The zero-order chi connectivity index (χ0) is 20.4. The molecule has 4 aromatic rings. The van der Waals surface area contributed by atoms with E-state index < -0.39 is 16.6 Å². The van der Waals surface area contributed by atoms with Crippen LogP contribution in [0.25, 0.3) is 11.0 Å². The Labute approximate surface area is 173 Å². The first-order valence-corrected chi connectivity index (χ1v) is 10.2. The van der Waals surface area contributed by atoms with Crippen LogP contribution in [0.4, 0.5) is 5.82 Å². The third-order valence-electron chi connectivity index (χ3n) is 4.39. The largest absolute Gasteiger partial charge is 0.496 e. The Bertz CT molecular complexity index is 1250. The number of ether oxygens (including phenoxy) is 1. The van der Waals surface area contributed by atoms with E-state index in [1.807, 2.05) is 12.3 Å². The molecule has 4 rings (SSSR count). The number of sulfonamides is 1. The maximum atomic E-state index is 12.8. The molecule has 2 aromatic heterocycles. The topological polar surface area (TPSA) is 119 Å². The highest BCUT2D eigenvalue weighted by Gasteiger charge is 2.23. The Balaban J connectivity index is 0.00000256. The van der Waals surface area contributed by atoms with E-state index in [2.05, 4.69) is 15.0 Å². The van der Waals surface area contributed by atoms with Gasteiger partial charge in [-0.1, -0.05) is 30.8 Å². The van der Waals surface area contributed by atoms with Crippen LogP contribution >= 0.6 is 0 Å². The molecule has 2 heterocycles. The number of benzene rings is 2. The van der Waals surface area contributed by atoms with Crippen LogP contribution in [0.5, 0.6) is 5.75 Å². The van der Waals surface area contributed by atoms with Crippen LogP contribution in [0.3, 0.4) is 0 Å². The number of fused-ring (bicyclic) bond motifs is 1. The summed E-state index contributed by atoms with van der Waals surface area (Å²) in [6, 6.07) is 11.5. The second-order valence-corrected chi connectivity index (χ2v) is 7.93. The lowest BCUT2D eigenvalue weighted by Crippen LogP contribution is -2.15. The molecule has 10 heteroatoms. The van der Waals surface area contributed by atoms with Crippen molar-refractivity contribution in [1.29, 1.82) is 0 Å². The summed E-state index contributed by atoms with van der Waals surface area (Å²) in [6.45, 7) is 0.0850. The molecule has 0 spiro atoms. The summed E-state index contributed by atoms with van der Waals surface area (Å²) in [5.74, 6) is 0.425. The Morgan fingerprint density at radius 1 is 1.23 bits per heavy atom. The molecule has 2 aromatic carbocycles. The van der Waals surface area contributed by atoms with Gasteiger partial charge in [0, 0.05) is 12.4 Å². The molecule has 0 atom stereocenters. The highest BCUT2D eigenvalue weighted by Crippen LogP contribution is 2.35. The molecule has 0 aliphatic heterocycles. The number of aliphatic hydroxyl groups excluding tert-OH is 1. The number of aromatic nitrogens is 3. The summed E-state index contributed by atoms with van der Waals surface area (Å²) in [4.78, 5) is -0.0343. The summed E-state index contributed by atoms with van der Waals surface area (Å²) in [6.07, 6.45) is 3.51. The molecule has 0 radical (unpaired) electrons. The van der Waals surface area contributed by atoms with E-state index >= 15 is 0 Å². The second kappa shape index (κ2) is 8.56. The maximum absolute atomic E-state index is 12.8. The van der Waals surface area contributed by atoms with E-state index in [4.69, 9.17) is 9.26 Å². The van der Waals surface area contributed by atoms with Crippen molar-refractivity contribution in [3.05, 3.63) is 66.0 Å². The highest BCUT2D eigenvalue weighted by atomic mass is 32.2.